The maximum atomic E-state index is 11.4. The molecule has 0 saturated carbocycles. The lowest BCUT2D eigenvalue weighted by molar-refractivity contribution is -0.140. The van der Waals surface area contributed by atoms with Crippen LogP contribution in [0, 0.1) is 0 Å². The first-order valence-corrected chi connectivity index (χ1v) is 7.18. The van der Waals surface area contributed by atoms with E-state index in [1.807, 2.05) is 13.8 Å². The van der Waals surface area contributed by atoms with Crippen molar-refractivity contribution in [1.29, 1.82) is 0 Å². The van der Waals surface area contributed by atoms with Crippen LogP contribution in [0.3, 0.4) is 0 Å². The van der Waals surface area contributed by atoms with Crippen LogP contribution in [-0.2, 0) is 24.3 Å². The van der Waals surface area contributed by atoms with E-state index in [1.165, 1.54) is 7.11 Å². The first kappa shape index (κ1) is 16.3. The molecule has 0 rings (SSSR count). The van der Waals surface area contributed by atoms with Gasteiger partial charge >= 0.3 is 5.97 Å². The van der Waals surface area contributed by atoms with Crippen molar-refractivity contribution in [3.63, 3.8) is 0 Å². The fraction of sp³-hybridized carbons (Fsp3) is 0.900. The van der Waals surface area contributed by atoms with E-state index in [9.17, 15) is 13.2 Å². The number of esters is 1. The molecule has 0 amide bonds. The normalized spacial score (nSPS) is 11.8. The van der Waals surface area contributed by atoms with Crippen molar-refractivity contribution < 1.29 is 22.7 Å². The Bertz CT molecular complexity index is 313. The Balaban J connectivity index is 3.70. The van der Waals surface area contributed by atoms with E-state index in [0.717, 1.165) is 0 Å². The Morgan fingerprint density at radius 3 is 2.53 bits per heavy atom. The lowest BCUT2D eigenvalue weighted by Crippen LogP contribution is -2.30. The lowest BCUT2D eigenvalue weighted by atomic mass is 10.3. The number of nitrogens with one attached hydrogen (secondary N) is 1. The van der Waals surface area contributed by atoms with Crippen molar-refractivity contribution in [3.8, 4) is 0 Å². The molecule has 0 atom stereocenters. The molecule has 1 N–H and O–H groups in total. The average molecular weight is 267 g/mol. The summed E-state index contributed by atoms with van der Waals surface area (Å²) in [6, 6.07) is 0. The summed E-state index contributed by atoms with van der Waals surface area (Å²) < 4.78 is 34.9. The zero-order chi connectivity index (χ0) is 13.3. The third kappa shape index (κ3) is 10.2. The predicted molar refractivity (Wildman–Crippen MR) is 64.1 cm³/mol. The highest BCUT2D eigenvalue weighted by Crippen LogP contribution is 1.96. The van der Waals surface area contributed by atoms with E-state index >= 15 is 0 Å². The summed E-state index contributed by atoms with van der Waals surface area (Å²) in [6.45, 7) is 4.35. The third-order valence-electron chi connectivity index (χ3n) is 1.90. The summed E-state index contributed by atoms with van der Waals surface area (Å²) in [7, 11) is -2.05. The lowest BCUT2D eigenvalue weighted by Gasteiger charge is -2.09. The molecule has 0 radical (unpaired) electrons. The zero-order valence-electron chi connectivity index (χ0n) is 10.6. The number of carbonyl (C=O) groups excluding carboxylic acids is 1. The summed E-state index contributed by atoms with van der Waals surface area (Å²) in [5.41, 5.74) is 0. The fourth-order valence-electron chi connectivity index (χ4n) is 1.07. The van der Waals surface area contributed by atoms with E-state index in [4.69, 9.17) is 4.74 Å². The highest BCUT2D eigenvalue weighted by atomic mass is 32.2. The maximum Gasteiger partial charge on any atom is 0.305 e. The molecule has 0 aliphatic carbocycles. The molecule has 0 aromatic rings. The quantitative estimate of drug-likeness (QED) is 0.479. The average Bonchev–Trinajstić information content (AvgIpc) is 2.23. The highest BCUT2D eigenvalue weighted by molar-refractivity contribution is 7.89. The molecule has 102 valence electrons. The van der Waals surface area contributed by atoms with Crippen LogP contribution >= 0.6 is 0 Å². The Morgan fingerprint density at radius 2 is 2.00 bits per heavy atom. The molecule has 0 aromatic heterocycles. The second-order valence-electron chi connectivity index (χ2n) is 3.81. The van der Waals surface area contributed by atoms with Crippen molar-refractivity contribution in [2.45, 2.75) is 32.8 Å². The Labute approximate surface area is 103 Å². The number of methoxy groups -OCH3 is 1. The number of hydrogen-bond donors (Lipinski definition) is 1. The molecular weight excluding hydrogens is 246 g/mol. The van der Waals surface area contributed by atoms with Gasteiger partial charge in [-0.1, -0.05) is 0 Å². The first-order chi connectivity index (χ1) is 7.87. The topological polar surface area (TPSA) is 81.7 Å². The van der Waals surface area contributed by atoms with Crippen LogP contribution < -0.4 is 4.72 Å². The number of sulfonamides is 1. The van der Waals surface area contributed by atoms with Gasteiger partial charge in [0.15, 0.2) is 0 Å². The smallest absolute Gasteiger partial charge is 0.305 e. The van der Waals surface area contributed by atoms with Crippen LogP contribution in [0.25, 0.3) is 0 Å². The van der Waals surface area contributed by atoms with Crippen LogP contribution in [0.2, 0.25) is 0 Å². The molecule has 0 saturated heterocycles. The van der Waals surface area contributed by atoms with Crippen molar-refractivity contribution >= 4 is 16.0 Å². The van der Waals surface area contributed by atoms with Gasteiger partial charge in [0.25, 0.3) is 0 Å². The molecule has 0 aliphatic rings. The number of rotatable bonds is 9. The van der Waals surface area contributed by atoms with Crippen molar-refractivity contribution in [2.24, 2.45) is 0 Å². The molecule has 0 bridgehead atoms. The minimum atomic E-state index is -3.32. The standard InChI is InChI=1S/C10H21NO5S/c1-9(2)16-7-6-11-17(13,14)8-4-5-10(12)15-3/h9,11H,4-8H2,1-3H3. The number of ether oxygens (including phenoxy) is 2. The SMILES string of the molecule is COC(=O)CCCS(=O)(=O)NCCOC(C)C. The minimum Gasteiger partial charge on any atom is -0.469 e. The largest absolute Gasteiger partial charge is 0.469 e. The van der Waals surface area contributed by atoms with Gasteiger partial charge in [0.1, 0.15) is 0 Å². The number of hydrogen-bond acceptors (Lipinski definition) is 5. The Hall–Kier alpha value is -0.660. The van der Waals surface area contributed by atoms with Crippen LogP contribution in [0.5, 0.6) is 0 Å². The summed E-state index contributed by atoms with van der Waals surface area (Å²) in [5.74, 6) is -0.479. The molecule has 17 heavy (non-hydrogen) atoms. The van der Waals surface area contributed by atoms with Crippen LogP contribution in [0.1, 0.15) is 26.7 Å². The van der Waals surface area contributed by atoms with Crippen LogP contribution in [0.4, 0.5) is 0 Å². The molecule has 6 nitrogen and oxygen atoms in total. The molecule has 0 unspecified atom stereocenters. The molecule has 7 heteroatoms. The molecule has 0 fully saturated rings. The number of carbonyl (C=O) groups is 1. The van der Waals surface area contributed by atoms with Gasteiger partial charge in [-0.15, -0.1) is 0 Å². The van der Waals surface area contributed by atoms with Crippen molar-refractivity contribution in [1.82, 2.24) is 4.72 Å². The fourth-order valence-corrected chi connectivity index (χ4v) is 2.14. The first-order valence-electron chi connectivity index (χ1n) is 5.53. The van der Waals surface area contributed by atoms with Gasteiger partial charge in [0.05, 0.1) is 25.6 Å². The Kier molecular flexibility index (Phi) is 8.11. The Morgan fingerprint density at radius 1 is 1.35 bits per heavy atom. The summed E-state index contributed by atoms with van der Waals surface area (Å²) >= 11 is 0. The summed E-state index contributed by atoms with van der Waals surface area (Å²) in [6.07, 6.45) is 0.450. The van der Waals surface area contributed by atoms with Gasteiger partial charge in [0.2, 0.25) is 10.0 Å². The summed E-state index contributed by atoms with van der Waals surface area (Å²) in [5, 5.41) is 0. The second-order valence-corrected chi connectivity index (χ2v) is 5.74. The molecule has 0 spiro atoms. The molecular formula is C10H21NO5S. The minimum absolute atomic E-state index is 0.0796. The zero-order valence-corrected chi connectivity index (χ0v) is 11.4. The monoisotopic (exact) mass is 267 g/mol. The van der Waals surface area contributed by atoms with Gasteiger partial charge in [0, 0.05) is 13.0 Å². The van der Waals surface area contributed by atoms with Gasteiger partial charge in [-0.3, -0.25) is 4.79 Å². The van der Waals surface area contributed by atoms with E-state index in [-0.39, 0.29) is 31.2 Å². The predicted octanol–water partition coefficient (Wildman–Crippen LogP) is 0.284. The van der Waals surface area contributed by atoms with Crippen LogP contribution in [-0.4, -0.2) is 46.5 Å². The van der Waals surface area contributed by atoms with E-state index in [0.29, 0.717) is 6.61 Å². The van der Waals surface area contributed by atoms with Gasteiger partial charge < -0.3 is 9.47 Å². The summed E-state index contributed by atoms with van der Waals surface area (Å²) in [4.78, 5) is 10.8. The molecule has 0 aliphatic heterocycles. The van der Waals surface area contributed by atoms with Gasteiger partial charge in [-0.25, -0.2) is 13.1 Å². The highest BCUT2D eigenvalue weighted by Gasteiger charge is 2.11. The van der Waals surface area contributed by atoms with Crippen LogP contribution in [0.15, 0.2) is 0 Å². The van der Waals surface area contributed by atoms with Gasteiger partial charge in [-0.05, 0) is 20.3 Å². The van der Waals surface area contributed by atoms with E-state index in [1.54, 1.807) is 0 Å². The maximum absolute atomic E-state index is 11.4. The molecule has 0 heterocycles. The van der Waals surface area contributed by atoms with Crippen molar-refractivity contribution in [2.75, 3.05) is 26.0 Å². The van der Waals surface area contributed by atoms with Crippen molar-refractivity contribution in [3.05, 3.63) is 0 Å². The van der Waals surface area contributed by atoms with E-state index < -0.39 is 16.0 Å². The second kappa shape index (κ2) is 8.43. The van der Waals surface area contributed by atoms with E-state index in [2.05, 4.69) is 9.46 Å². The van der Waals surface area contributed by atoms with Gasteiger partial charge in [-0.2, -0.15) is 0 Å². The third-order valence-corrected chi connectivity index (χ3v) is 3.37. The molecule has 0 aromatic carbocycles.